The molecule has 22 heavy (non-hydrogen) atoms. The van der Waals surface area contributed by atoms with Crippen LogP contribution in [0.4, 0.5) is 5.13 Å². The van der Waals surface area contributed by atoms with Gasteiger partial charge in [0, 0.05) is 57.7 Å². The number of aryl methyl sites for hydroxylation is 1. The largest absolute Gasteiger partial charge is 0.356 e. The molecule has 2 heterocycles. The normalized spacial score (nSPS) is 17.0. The average molecular weight is 324 g/mol. The Bertz CT molecular complexity index is 496. The van der Waals surface area contributed by atoms with Crippen LogP contribution >= 0.6 is 11.5 Å². The summed E-state index contributed by atoms with van der Waals surface area (Å²) >= 11 is 1.51. The van der Waals surface area contributed by atoms with Gasteiger partial charge in [-0.15, -0.1) is 0 Å². The molecule has 1 N–H and O–H groups in total. The van der Waals surface area contributed by atoms with Gasteiger partial charge in [0.2, 0.25) is 5.13 Å². The Morgan fingerprint density at radius 1 is 1.27 bits per heavy atom. The van der Waals surface area contributed by atoms with Crippen LogP contribution in [0.3, 0.4) is 0 Å². The molecule has 0 unspecified atom stereocenters. The fourth-order valence-electron chi connectivity index (χ4n) is 2.30. The molecule has 2 rings (SSSR count). The maximum atomic E-state index is 4.58. The number of nitrogens with one attached hydrogen (secondary N) is 1. The van der Waals surface area contributed by atoms with Crippen molar-refractivity contribution >= 4 is 22.6 Å². The highest BCUT2D eigenvalue weighted by Crippen LogP contribution is 2.19. The van der Waals surface area contributed by atoms with Crippen molar-refractivity contribution < 1.29 is 0 Å². The highest BCUT2D eigenvalue weighted by atomic mass is 32.1. The minimum absolute atomic E-state index is 0.251. The topological polar surface area (TPSA) is 56.7 Å². The van der Waals surface area contributed by atoms with E-state index in [9.17, 15) is 0 Å². The molecule has 7 heteroatoms. The van der Waals surface area contributed by atoms with E-state index in [1.165, 1.54) is 11.5 Å². The SMILES string of the molecule is CCc1nsc(N2CCN(C(=NC)NCC(C)(C)C)CC2)n1. The Labute approximate surface area is 137 Å². The first-order chi connectivity index (χ1) is 10.4. The summed E-state index contributed by atoms with van der Waals surface area (Å²) < 4.78 is 4.38. The summed E-state index contributed by atoms with van der Waals surface area (Å²) in [7, 11) is 1.86. The predicted molar refractivity (Wildman–Crippen MR) is 93.9 cm³/mol. The lowest BCUT2D eigenvalue weighted by Crippen LogP contribution is -2.53. The third-order valence-corrected chi connectivity index (χ3v) is 4.43. The maximum Gasteiger partial charge on any atom is 0.205 e. The molecule has 0 radical (unpaired) electrons. The molecular weight excluding hydrogens is 296 g/mol. The number of aromatic nitrogens is 2. The molecule has 0 atom stereocenters. The van der Waals surface area contributed by atoms with E-state index >= 15 is 0 Å². The van der Waals surface area contributed by atoms with Crippen molar-refractivity contribution in [3.8, 4) is 0 Å². The van der Waals surface area contributed by atoms with E-state index in [0.29, 0.717) is 0 Å². The summed E-state index contributed by atoms with van der Waals surface area (Å²) in [6.07, 6.45) is 0.903. The van der Waals surface area contributed by atoms with Gasteiger partial charge in [-0.05, 0) is 5.41 Å². The zero-order valence-corrected chi connectivity index (χ0v) is 15.2. The molecule has 0 amide bonds. The van der Waals surface area contributed by atoms with Crippen LogP contribution in [0.5, 0.6) is 0 Å². The number of anilines is 1. The number of nitrogens with zero attached hydrogens (tertiary/aromatic N) is 5. The van der Waals surface area contributed by atoms with Crippen LogP contribution in [0.15, 0.2) is 4.99 Å². The van der Waals surface area contributed by atoms with Crippen LogP contribution in [-0.4, -0.2) is 60.0 Å². The second-order valence-electron chi connectivity index (χ2n) is 6.78. The van der Waals surface area contributed by atoms with Gasteiger partial charge in [-0.2, -0.15) is 4.37 Å². The maximum absolute atomic E-state index is 4.58. The minimum atomic E-state index is 0.251. The molecule has 0 saturated carbocycles. The lowest BCUT2D eigenvalue weighted by Gasteiger charge is -2.36. The Morgan fingerprint density at radius 2 is 1.95 bits per heavy atom. The van der Waals surface area contributed by atoms with Crippen molar-refractivity contribution in [1.29, 1.82) is 0 Å². The molecule has 0 aliphatic carbocycles. The first-order valence-electron chi connectivity index (χ1n) is 7.96. The fraction of sp³-hybridized carbons (Fsp3) is 0.800. The van der Waals surface area contributed by atoms with Gasteiger partial charge in [-0.25, -0.2) is 4.98 Å². The van der Waals surface area contributed by atoms with Gasteiger partial charge in [-0.3, -0.25) is 4.99 Å². The third-order valence-electron chi connectivity index (χ3n) is 3.61. The molecule has 124 valence electrons. The number of rotatable bonds is 3. The molecule has 1 aromatic heterocycles. The number of guanidine groups is 1. The molecule has 1 aliphatic rings. The molecule has 0 bridgehead atoms. The van der Waals surface area contributed by atoms with Crippen LogP contribution in [0.2, 0.25) is 0 Å². The van der Waals surface area contributed by atoms with E-state index in [4.69, 9.17) is 0 Å². The number of aliphatic imine (C=N–C) groups is 1. The predicted octanol–water partition coefficient (Wildman–Crippen LogP) is 1.84. The molecule has 0 spiro atoms. The number of piperazine rings is 1. The van der Waals surface area contributed by atoms with Crippen LogP contribution < -0.4 is 10.2 Å². The second-order valence-corrected chi connectivity index (χ2v) is 7.51. The molecular formula is C15H28N6S. The lowest BCUT2D eigenvalue weighted by atomic mass is 9.97. The quantitative estimate of drug-likeness (QED) is 0.679. The standard InChI is InChI=1S/C15H28N6S/c1-6-12-18-14(22-19-12)21-9-7-20(8-10-21)13(16-5)17-11-15(2,3)4/h6-11H2,1-5H3,(H,16,17). The summed E-state index contributed by atoms with van der Waals surface area (Å²) in [4.78, 5) is 13.6. The fourth-order valence-corrected chi connectivity index (χ4v) is 3.10. The number of hydrogen-bond donors (Lipinski definition) is 1. The smallest absolute Gasteiger partial charge is 0.205 e. The summed E-state index contributed by atoms with van der Waals surface area (Å²) in [5, 5.41) is 4.53. The summed E-state index contributed by atoms with van der Waals surface area (Å²) in [5.41, 5.74) is 0.251. The highest BCUT2D eigenvalue weighted by Gasteiger charge is 2.22. The Balaban J connectivity index is 1.87. The van der Waals surface area contributed by atoms with Gasteiger partial charge >= 0.3 is 0 Å². The summed E-state index contributed by atoms with van der Waals surface area (Å²) in [6.45, 7) is 13.6. The monoisotopic (exact) mass is 324 g/mol. The van der Waals surface area contributed by atoms with Crippen LogP contribution in [0.1, 0.15) is 33.5 Å². The highest BCUT2D eigenvalue weighted by molar-refractivity contribution is 7.09. The zero-order chi connectivity index (χ0) is 16.2. The number of hydrogen-bond acceptors (Lipinski definition) is 5. The van der Waals surface area contributed by atoms with Gasteiger partial charge in [0.1, 0.15) is 5.82 Å². The van der Waals surface area contributed by atoms with Gasteiger partial charge in [0.25, 0.3) is 0 Å². The van der Waals surface area contributed by atoms with E-state index in [0.717, 1.165) is 56.1 Å². The van der Waals surface area contributed by atoms with Gasteiger partial charge in [0.15, 0.2) is 5.96 Å². The van der Waals surface area contributed by atoms with Crippen LogP contribution in [0.25, 0.3) is 0 Å². The average Bonchev–Trinajstić information content (AvgIpc) is 2.96. The van der Waals surface area contributed by atoms with Crippen LogP contribution in [0, 0.1) is 5.41 Å². The lowest BCUT2D eigenvalue weighted by molar-refractivity contribution is 0.352. The van der Waals surface area contributed by atoms with Gasteiger partial charge in [-0.1, -0.05) is 27.7 Å². The van der Waals surface area contributed by atoms with Crippen LogP contribution in [-0.2, 0) is 6.42 Å². The molecule has 1 fully saturated rings. The van der Waals surface area contributed by atoms with Crippen molar-refractivity contribution in [2.24, 2.45) is 10.4 Å². The van der Waals surface area contributed by atoms with Crippen molar-refractivity contribution in [3.63, 3.8) is 0 Å². The first kappa shape index (κ1) is 17.0. The molecule has 6 nitrogen and oxygen atoms in total. The van der Waals surface area contributed by atoms with Crippen molar-refractivity contribution in [2.45, 2.75) is 34.1 Å². The molecule has 1 aromatic rings. The molecule has 1 aliphatic heterocycles. The third kappa shape index (κ3) is 4.56. The van der Waals surface area contributed by atoms with E-state index in [-0.39, 0.29) is 5.41 Å². The Hall–Kier alpha value is -1.37. The van der Waals surface area contributed by atoms with E-state index in [1.807, 2.05) is 7.05 Å². The zero-order valence-electron chi connectivity index (χ0n) is 14.4. The van der Waals surface area contributed by atoms with Crippen molar-refractivity contribution in [3.05, 3.63) is 5.82 Å². The van der Waals surface area contributed by atoms with E-state index in [1.54, 1.807) is 0 Å². The second kappa shape index (κ2) is 7.26. The van der Waals surface area contributed by atoms with Crippen molar-refractivity contribution in [2.75, 3.05) is 44.7 Å². The summed E-state index contributed by atoms with van der Waals surface area (Å²) in [6, 6.07) is 0. The minimum Gasteiger partial charge on any atom is -0.356 e. The first-order valence-corrected chi connectivity index (χ1v) is 8.73. The Morgan fingerprint density at radius 3 is 2.45 bits per heavy atom. The Kier molecular flexibility index (Phi) is 5.61. The van der Waals surface area contributed by atoms with E-state index < -0.39 is 0 Å². The van der Waals surface area contributed by atoms with Gasteiger partial charge < -0.3 is 15.1 Å². The summed E-state index contributed by atoms with van der Waals surface area (Å²) in [5.74, 6) is 1.95. The molecule has 0 aromatic carbocycles. The molecule has 1 saturated heterocycles. The van der Waals surface area contributed by atoms with Crippen molar-refractivity contribution in [1.82, 2.24) is 19.6 Å². The van der Waals surface area contributed by atoms with E-state index in [2.05, 4.69) is 57.2 Å². The van der Waals surface area contributed by atoms with Gasteiger partial charge in [0.05, 0.1) is 0 Å².